The van der Waals surface area contributed by atoms with Gasteiger partial charge in [0.1, 0.15) is 17.1 Å². The van der Waals surface area contributed by atoms with Gasteiger partial charge in [-0.25, -0.2) is 9.97 Å². The number of amides is 1. The molecule has 3 aliphatic rings. The molecule has 1 amide bonds. The second-order valence-corrected chi connectivity index (χ2v) is 9.37. The predicted molar refractivity (Wildman–Crippen MR) is 123 cm³/mol. The number of hydrogen-bond acceptors (Lipinski definition) is 9. The summed E-state index contributed by atoms with van der Waals surface area (Å²) in [5, 5.41) is 33.7. The number of aliphatic hydroxyl groups excluding tert-OH is 2. The average Bonchev–Trinajstić information content (AvgIpc) is 2.81. The Labute approximate surface area is 200 Å². The maximum atomic E-state index is 13.6. The van der Waals surface area contributed by atoms with Gasteiger partial charge in [0.25, 0.3) is 5.91 Å². The zero-order valence-electron chi connectivity index (χ0n) is 19.1. The van der Waals surface area contributed by atoms with E-state index in [1.807, 2.05) is 6.07 Å². The molecule has 10 heteroatoms. The van der Waals surface area contributed by atoms with Crippen LogP contribution < -0.4 is 5.73 Å². The number of carbonyl (C=O) groups excluding carboxylic acids is 3. The maximum absolute atomic E-state index is 13.6. The third-order valence-corrected chi connectivity index (χ3v) is 7.32. The molecule has 0 saturated heterocycles. The van der Waals surface area contributed by atoms with Crippen molar-refractivity contribution in [1.29, 1.82) is 0 Å². The van der Waals surface area contributed by atoms with Crippen molar-refractivity contribution in [2.45, 2.75) is 24.5 Å². The van der Waals surface area contributed by atoms with Gasteiger partial charge in [0.15, 0.2) is 17.2 Å². The number of nitrogens with zero attached hydrogens (tertiary/aromatic N) is 3. The van der Waals surface area contributed by atoms with Gasteiger partial charge in [-0.15, -0.1) is 0 Å². The SMILES string of the molecule is CN(C)[C@@H]1C(O)=C(C(N)=O)C(=O)[C@@]2(O)C(O)=C3C(=O)c4cccc(-c5ncccn5)c4C[C@H]3C[C@@H]12. The minimum Gasteiger partial charge on any atom is -0.510 e. The molecule has 5 rings (SSSR count). The highest BCUT2D eigenvalue weighted by Crippen LogP contribution is 2.52. The highest BCUT2D eigenvalue weighted by molar-refractivity contribution is 6.24. The Balaban J connectivity index is 1.71. The van der Waals surface area contributed by atoms with Crippen LogP contribution in [-0.4, -0.2) is 73.4 Å². The molecule has 1 heterocycles. The third kappa shape index (κ3) is 3.06. The van der Waals surface area contributed by atoms with E-state index < -0.39 is 58.0 Å². The zero-order chi connectivity index (χ0) is 25.2. The number of carbonyl (C=O) groups is 3. The number of likely N-dealkylation sites (N-methyl/N-ethyl adjacent to an activating group) is 1. The molecule has 0 fully saturated rings. The molecule has 0 radical (unpaired) electrons. The second-order valence-electron chi connectivity index (χ2n) is 9.37. The third-order valence-electron chi connectivity index (χ3n) is 7.32. The number of aliphatic hydroxyl groups is 3. The minimum absolute atomic E-state index is 0.0709. The van der Waals surface area contributed by atoms with E-state index in [9.17, 15) is 29.7 Å². The number of fused-ring (bicyclic) bond motifs is 3. The quantitative estimate of drug-likeness (QED) is 0.470. The van der Waals surface area contributed by atoms with Crippen LogP contribution in [0.15, 0.2) is 59.3 Å². The Morgan fingerprint density at radius 2 is 1.77 bits per heavy atom. The summed E-state index contributed by atoms with van der Waals surface area (Å²) in [7, 11) is 3.22. The highest BCUT2D eigenvalue weighted by atomic mass is 16.3. The van der Waals surface area contributed by atoms with Gasteiger partial charge in [-0.3, -0.25) is 19.3 Å². The van der Waals surface area contributed by atoms with E-state index in [1.54, 1.807) is 49.6 Å². The number of nitrogens with two attached hydrogens (primary N) is 1. The largest absolute Gasteiger partial charge is 0.510 e. The van der Waals surface area contributed by atoms with Crippen LogP contribution in [0.25, 0.3) is 11.4 Å². The number of aromatic nitrogens is 2. The van der Waals surface area contributed by atoms with Gasteiger partial charge in [-0.1, -0.05) is 18.2 Å². The summed E-state index contributed by atoms with van der Waals surface area (Å²) in [5.74, 6) is -5.44. The van der Waals surface area contributed by atoms with Crippen molar-refractivity contribution in [2.75, 3.05) is 14.1 Å². The van der Waals surface area contributed by atoms with Crippen LogP contribution in [0.1, 0.15) is 22.3 Å². The van der Waals surface area contributed by atoms with Crippen LogP contribution in [0.4, 0.5) is 0 Å². The molecule has 0 saturated carbocycles. The Bertz CT molecular complexity index is 1350. The molecule has 1 aromatic carbocycles. The first-order valence-corrected chi connectivity index (χ1v) is 11.1. The summed E-state index contributed by atoms with van der Waals surface area (Å²) in [6, 6.07) is 5.80. The fraction of sp³-hybridized carbons (Fsp3) is 0.320. The van der Waals surface area contributed by atoms with Crippen molar-refractivity contribution in [3.05, 3.63) is 70.5 Å². The summed E-state index contributed by atoms with van der Waals surface area (Å²) in [6.45, 7) is 0. The van der Waals surface area contributed by atoms with Crippen LogP contribution in [0, 0.1) is 11.8 Å². The number of benzene rings is 1. The van der Waals surface area contributed by atoms with Crippen LogP contribution in [0.5, 0.6) is 0 Å². The van der Waals surface area contributed by atoms with Gasteiger partial charge >= 0.3 is 0 Å². The molecule has 0 aliphatic heterocycles. The van der Waals surface area contributed by atoms with E-state index in [-0.39, 0.29) is 12.0 Å². The standard InChI is InChI=1S/C25H24N4O6/c1-29(2)18-15-10-11-9-14-12(5-3-6-13(14)24-27-7-4-8-28-24)19(30)16(11)21(32)25(15,35)22(33)17(20(18)31)23(26)34/h3-8,11,15,18,31-32,35H,9-10H2,1-2H3,(H2,26,34)/t11-,15-,18-,25-/m0/s1. The molecule has 1 aromatic heterocycles. The number of ketones is 2. The van der Waals surface area contributed by atoms with Gasteiger partial charge in [-0.05, 0) is 44.5 Å². The number of Topliss-reactive ketones (excluding diaryl/α,β-unsaturated/α-hetero) is 2. The topological polar surface area (TPSA) is 167 Å². The normalized spacial score (nSPS) is 28.1. The Morgan fingerprint density at radius 1 is 1.11 bits per heavy atom. The Hall–Kier alpha value is -3.89. The first kappa shape index (κ1) is 22.9. The fourth-order valence-corrected chi connectivity index (χ4v) is 5.83. The van der Waals surface area contributed by atoms with Gasteiger partial charge in [0, 0.05) is 35.0 Å². The molecule has 4 atom stereocenters. The van der Waals surface area contributed by atoms with Crippen molar-refractivity contribution in [2.24, 2.45) is 17.6 Å². The van der Waals surface area contributed by atoms with Gasteiger partial charge in [0.2, 0.25) is 5.78 Å². The lowest BCUT2D eigenvalue weighted by Gasteiger charge is -2.50. The number of primary amides is 1. The molecule has 0 bridgehead atoms. The smallest absolute Gasteiger partial charge is 0.255 e. The first-order valence-electron chi connectivity index (χ1n) is 11.1. The fourth-order valence-electron chi connectivity index (χ4n) is 5.83. The zero-order valence-corrected chi connectivity index (χ0v) is 19.1. The average molecular weight is 476 g/mol. The van der Waals surface area contributed by atoms with Crippen LogP contribution in [0.2, 0.25) is 0 Å². The van der Waals surface area contributed by atoms with Crippen LogP contribution >= 0.6 is 0 Å². The molecule has 2 aromatic rings. The lowest BCUT2D eigenvalue weighted by atomic mass is 9.58. The number of allylic oxidation sites excluding steroid dienone is 1. The summed E-state index contributed by atoms with van der Waals surface area (Å²) < 4.78 is 0. The van der Waals surface area contributed by atoms with E-state index in [0.717, 1.165) is 0 Å². The van der Waals surface area contributed by atoms with Crippen molar-refractivity contribution >= 4 is 17.5 Å². The van der Waals surface area contributed by atoms with Gasteiger partial charge in [0.05, 0.1) is 6.04 Å². The van der Waals surface area contributed by atoms with Crippen LogP contribution in [0.3, 0.4) is 0 Å². The molecule has 0 spiro atoms. The van der Waals surface area contributed by atoms with E-state index >= 15 is 0 Å². The van der Waals surface area contributed by atoms with Crippen LogP contribution in [-0.2, 0) is 16.0 Å². The Kier molecular flexibility index (Phi) is 5.11. The van der Waals surface area contributed by atoms with E-state index in [2.05, 4.69) is 9.97 Å². The van der Waals surface area contributed by atoms with Crippen molar-refractivity contribution in [3.8, 4) is 11.4 Å². The summed E-state index contributed by atoms with van der Waals surface area (Å²) >= 11 is 0. The van der Waals surface area contributed by atoms with E-state index in [0.29, 0.717) is 28.9 Å². The van der Waals surface area contributed by atoms with Crippen molar-refractivity contribution < 1.29 is 29.7 Å². The number of hydrogen-bond donors (Lipinski definition) is 4. The molecule has 10 nitrogen and oxygen atoms in total. The molecule has 35 heavy (non-hydrogen) atoms. The van der Waals surface area contributed by atoms with E-state index in [1.165, 1.54) is 0 Å². The van der Waals surface area contributed by atoms with Gasteiger partial charge in [-0.2, -0.15) is 0 Å². The first-order chi connectivity index (χ1) is 16.6. The molecular formula is C25H24N4O6. The summed E-state index contributed by atoms with van der Waals surface area (Å²) in [5.41, 5.74) is 3.62. The minimum atomic E-state index is -2.58. The highest BCUT2D eigenvalue weighted by Gasteiger charge is 2.63. The lowest BCUT2D eigenvalue weighted by molar-refractivity contribution is -0.148. The molecular weight excluding hydrogens is 452 g/mol. The van der Waals surface area contributed by atoms with Crippen molar-refractivity contribution in [1.82, 2.24) is 14.9 Å². The van der Waals surface area contributed by atoms with Crippen molar-refractivity contribution in [3.63, 3.8) is 0 Å². The predicted octanol–water partition coefficient (Wildman–Crippen LogP) is 0.872. The second kappa shape index (κ2) is 7.82. The van der Waals surface area contributed by atoms with Gasteiger partial charge < -0.3 is 21.1 Å². The molecule has 3 aliphatic carbocycles. The molecule has 0 unspecified atom stereocenters. The Morgan fingerprint density at radius 3 is 2.40 bits per heavy atom. The maximum Gasteiger partial charge on any atom is 0.255 e. The molecule has 180 valence electrons. The lowest BCUT2D eigenvalue weighted by Crippen LogP contribution is -2.63. The summed E-state index contributed by atoms with van der Waals surface area (Å²) in [4.78, 5) is 49.1. The monoisotopic (exact) mass is 476 g/mol. The summed E-state index contributed by atoms with van der Waals surface area (Å²) in [6.07, 6.45) is 3.62. The molecule has 5 N–H and O–H groups in total. The number of rotatable bonds is 3. The van der Waals surface area contributed by atoms with E-state index in [4.69, 9.17) is 5.73 Å².